The Morgan fingerprint density at radius 2 is 1.41 bits per heavy atom. The molecule has 0 bridgehead atoms. The van der Waals surface area contributed by atoms with E-state index in [2.05, 4.69) is 77.7 Å². The normalized spacial score (nSPS) is 15.8. The van der Waals surface area contributed by atoms with Gasteiger partial charge in [0.2, 0.25) is 0 Å². The Hall–Kier alpha value is -3.07. The number of nitrogens with zero attached hydrogens (tertiary/aromatic N) is 1. The van der Waals surface area contributed by atoms with Crippen molar-refractivity contribution in [2.45, 2.75) is 12.8 Å². The number of hydrogen-bond donors (Lipinski definition) is 1. The summed E-state index contributed by atoms with van der Waals surface area (Å²) in [6, 6.07) is 25.0. The molecule has 3 heteroatoms. The third-order valence-electron chi connectivity index (χ3n) is 6.26. The van der Waals surface area contributed by atoms with Crippen LogP contribution in [-0.4, -0.2) is 29.6 Å². The lowest BCUT2D eigenvalue weighted by atomic mass is 9.86. The van der Waals surface area contributed by atoms with Crippen LogP contribution < -0.4 is 0 Å². The van der Waals surface area contributed by atoms with Gasteiger partial charge in [-0.15, -0.1) is 12.4 Å². The Balaban J connectivity index is 0.00000245. The van der Waals surface area contributed by atoms with Crippen LogP contribution in [0.3, 0.4) is 0 Å². The Labute approximate surface area is 196 Å². The molecule has 0 amide bonds. The number of rotatable bonds is 3. The molecule has 1 aliphatic heterocycles. The van der Waals surface area contributed by atoms with Gasteiger partial charge in [0.05, 0.1) is 0 Å². The Morgan fingerprint density at radius 3 is 2.03 bits per heavy atom. The molecule has 1 aliphatic carbocycles. The number of halogens is 1. The van der Waals surface area contributed by atoms with Gasteiger partial charge >= 0.3 is 0 Å². The fraction of sp³-hybridized carbons (Fsp3) is 0.172. The standard InChI is InChI=1S/C29H27NO.ClH/c31-26-11-5-7-22(21-26)8-6-18-30-19-16-25(17-20-30)29-27-12-3-1-9-23(27)14-15-24-10-2-4-13-28(24)29;/h1-15,21,31H,16-20H2;1H. The van der Waals surface area contributed by atoms with Crippen LogP contribution >= 0.6 is 12.4 Å². The smallest absolute Gasteiger partial charge is 0.116 e. The molecule has 2 nitrogen and oxygen atoms in total. The van der Waals surface area contributed by atoms with Crippen molar-refractivity contribution in [2.24, 2.45) is 0 Å². The van der Waals surface area contributed by atoms with Crippen molar-refractivity contribution in [3.05, 3.63) is 112 Å². The lowest BCUT2D eigenvalue weighted by Gasteiger charge is -2.29. The summed E-state index contributed by atoms with van der Waals surface area (Å²) >= 11 is 0. The average Bonchev–Trinajstić information content (AvgIpc) is 2.97. The fourth-order valence-electron chi connectivity index (χ4n) is 4.67. The zero-order valence-corrected chi connectivity index (χ0v) is 18.9. The van der Waals surface area contributed by atoms with Crippen LogP contribution in [0.4, 0.5) is 0 Å². The number of fused-ring (bicyclic) bond motifs is 2. The van der Waals surface area contributed by atoms with Gasteiger partial charge < -0.3 is 5.11 Å². The van der Waals surface area contributed by atoms with Gasteiger partial charge in [0, 0.05) is 19.6 Å². The molecule has 0 saturated carbocycles. The number of likely N-dealkylation sites (tertiary alicyclic amines) is 1. The molecule has 5 rings (SSSR count). The molecule has 0 atom stereocenters. The number of aromatic hydroxyl groups is 1. The molecule has 3 aromatic carbocycles. The van der Waals surface area contributed by atoms with E-state index >= 15 is 0 Å². The molecule has 1 saturated heterocycles. The molecule has 0 radical (unpaired) electrons. The highest BCUT2D eigenvalue weighted by atomic mass is 35.5. The van der Waals surface area contributed by atoms with E-state index in [0.717, 1.165) is 38.0 Å². The Kier molecular flexibility index (Phi) is 6.94. The summed E-state index contributed by atoms with van der Waals surface area (Å²) in [6.07, 6.45) is 11.0. The Morgan fingerprint density at radius 1 is 0.781 bits per heavy atom. The van der Waals surface area contributed by atoms with Crippen LogP contribution in [0, 0.1) is 0 Å². The van der Waals surface area contributed by atoms with Gasteiger partial charge in [0.1, 0.15) is 5.75 Å². The van der Waals surface area contributed by atoms with Crippen LogP contribution in [0.25, 0.3) is 23.8 Å². The monoisotopic (exact) mass is 441 g/mol. The van der Waals surface area contributed by atoms with Crippen molar-refractivity contribution in [2.75, 3.05) is 19.6 Å². The summed E-state index contributed by atoms with van der Waals surface area (Å²) in [7, 11) is 0. The zero-order valence-electron chi connectivity index (χ0n) is 18.1. The van der Waals surface area contributed by atoms with Crippen molar-refractivity contribution < 1.29 is 5.11 Å². The van der Waals surface area contributed by atoms with Gasteiger partial charge in [0.25, 0.3) is 0 Å². The SMILES string of the molecule is Cl.Oc1cccc(C=CCN2CCC(=C3c4ccccc4C=Cc4ccccc43)CC2)c1. The van der Waals surface area contributed by atoms with Crippen LogP contribution in [0.1, 0.15) is 40.7 Å². The Bertz CT molecular complexity index is 1130. The minimum Gasteiger partial charge on any atom is -0.508 e. The highest BCUT2D eigenvalue weighted by molar-refractivity contribution is 5.94. The van der Waals surface area contributed by atoms with E-state index in [1.807, 2.05) is 12.1 Å². The molecule has 162 valence electrons. The molecule has 0 unspecified atom stereocenters. The molecule has 1 heterocycles. The predicted molar refractivity (Wildman–Crippen MR) is 138 cm³/mol. The van der Waals surface area contributed by atoms with E-state index in [4.69, 9.17) is 0 Å². The van der Waals surface area contributed by atoms with Crippen LogP contribution in [0.15, 0.2) is 84.4 Å². The van der Waals surface area contributed by atoms with Crippen molar-refractivity contribution in [1.82, 2.24) is 4.90 Å². The van der Waals surface area contributed by atoms with Crippen LogP contribution in [0.5, 0.6) is 5.75 Å². The highest BCUT2D eigenvalue weighted by Crippen LogP contribution is 2.38. The molecular formula is C29H28ClNO. The largest absolute Gasteiger partial charge is 0.508 e. The second-order valence-corrected chi connectivity index (χ2v) is 8.28. The van der Waals surface area contributed by atoms with Gasteiger partial charge in [0.15, 0.2) is 0 Å². The first-order chi connectivity index (χ1) is 15.3. The van der Waals surface area contributed by atoms with E-state index < -0.39 is 0 Å². The van der Waals surface area contributed by atoms with Gasteiger partial charge in [-0.3, -0.25) is 4.90 Å². The lowest BCUT2D eigenvalue weighted by molar-refractivity contribution is 0.284. The molecular weight excluding hydrogens is 414 g/mol. The number of piperidine rings is 1. The lowest BCUT2D eigenvalue weighted by Crippen LogP contribution is -2.31. The van der Waals surface area contributed by atoms with Crippen molar-refractivity contribution in [3.63, 3.8) is 0 Å². The minimum absolute atomic E-state index is 0. The summed E-state index contributed by atoms with van der Waals surface area (Å²) < 4.78 is 0. The molecule has 1 fully saturated rings. The maximum Gasteiger partial charge on any atom is 0.116 e. The fourth-order valence-corrected chi connectivity index (χ4v) is 4.67. The maximum absolute atomic E-state index is 9.62. The van der Waals surface area contributed by atoms with E-state index in [1.165, 1.54) is 27.8 Å². The van der Waals surface area contributed by atoms with Crippen molar-refractivity contribution in [3.8, 4) is 5.75 Å². The third kappa shape index (κ3) is 4.72. The van der Waals surface area contributed by atoms with Crippen LogP contribution in [-0.2, 0) is 0 Å². The van der Waals surface area contributed by atoms with Crippen molar-refractivity contribution >= 4 is 36.2 Å². The summed E-state index contributed by atoms with van der Waals surface area (Å²) in [5.41, 5.74) is 9.36. The maximum atomic E-state index is 9.62. The predicted octanol–water partition coefficient (Wildman–Crippen LogP) is 6.91. The van der Waals surface area contributed by atoms with Gasteiger partial charge in [-0.2, -0.15) is 0 Å². The second-order valence-electron chi connectivity index (χ2n) is 8.28. The molecule has 1 N–H and O–H groups in total. The molecule has 0 spiro atoms. The molecule has 0 aromatic heterocycles. The first-order valence-corrected chi connectivity index (χ1v) is 11.0. The first kappa shape index (κ1) is 22.1. The molecule has 2 aliphatic rings. The van der Waals surface area contributed by atoms with Gasteiger partial charge in [-0.1, -0.05) is 90.5 Å². The van der Waals surface area contributed by atoms with Crippen molar-refractivity contribution in [1.29, 1.82) is 0 Å². The summed E-state index contributed by atoms with van der Waals surface area (Å²) in [6.45, 7) is 3.08. The number of phenols is 1. The van der Waals surface area contributed by atoms with Crippen LogP contribution in [0.2, 0.25) is 0 Å². The van der Waals surface area contributed by atoms with Gasteiger partial charge in [-0.25, -0.2) is 0 Å². The highest BCUT2D eigenvalue weighted by Gasteiger charge is 2.21. The third-order valence-corrected chi connectivity index (χ3v) is 6.26. The number of hydrogen-bond acceptors (Lipinski definition) is 2. The summed E-state index contributed by atoms with van der Waals surface area (Å²) in [5.74, 6) is 0.315. The quantitative estimate of drug-likeness (QED) is 0.373. The summed E-state index contributed by atoms with van der Waals surface area (Å²) in [4.78, 5) is 2.51. The number of phenolic OH excluding ortho intramolecular Hbond substituents is 1. The van der Waals surface area contributed by atoms with E-state index in [-0.39, 0.29) is 12.4 Å². The second kappa shape index (κ2) is 10.0. The molecule has 32 heavy (non-hydrogen) atoms. The molecule has 3 aromatic rings. The number of benzene rings is 3. The van der Waals surface area contributed by atoms with E-state index in [0.29, 0.717) is 5.75 Å². The van der Waals surface area contributed by atoms with E-state index in [9.17, 15) is 5.11 Å². The average molecular weight is 442 g/mol. The minimum atomic E-state index is 0. The van der Waals surface area contributed by atoms with Gasteiger partial charge in [-0.05, 0) is 58.4 Å². The zero-order chi connectivity index (χ0) is 21.0. The topological polar surface area (TPSA) is 23.5 Å². The first-order valence-electron chi connectivity index (χ1n) is 11.0. The van der Waals surface area contributed by atoms with E-state index in [1.54, 1.807) is 17.7 Å². The summed E-state index contributed by atoms with van der Waals surface area (Å²) in [5, 5.41) is 9.62.